The molecule has 0 saturated heterocycles. The van der Waals surface area contributed by atoms with Gasteiger partial charge in [0, 0.05) is 0 Å². The van der Waals surface area contributed by atoms with Gasteiger partial charge in [-0.1, -0.05) is 39.0 Å². The van der Waals surface area contributed by atoms with Gasteiger partial charge in [-0.3, -0.25) is 4.55 Å². The van der Waals surface area contributed by atoms with E-state index in [1.807, 2.05) is 0 Å². The molecule has 0 unspecified atom stereocenters. The van der Waals surface area contributed by atoms with Crippen LogP contribution in [0, 0.1) is 0 Å². The van der Waals surface area contributed by atoms with Crippen molar-refractivity contribution < 1.29 is 17.7 Å². The molecule has 1 N–H and O–H groups in total. The summed E-state index contributed by atoms with van der Waals surface area (Å²) >= 11 is 0. The molecule has 0 aliphatic heterocycles. The van der Waals surface area contributed by atoms with Crippen molar-refractivity contribution in [3.8, 4) is 5.75 Å². The van der Waals surface area contributed by atoms with Gasteiger partial charge in [0.05, 0.1) is 11.5 Å². The fourth-order valence-electron chi connectivity index (χ4n) is 1.78. The summed E-state index contributed by atoms with van der Waals surface area (Å²) in [6.07, 6.45) is 7.21. The Morgan fingerprint density at radius 1 is 1.00 bits per heavy atom. The molecule has 6 heteroatoms. The Balaban J connectivity index is 0.00000361. The van der Waals surface area contributed by atoms with Crippen molar-refractivity contribution in [1.82, 2.24) is 0 Å². The predicted molar refractivity (Wildman–Crippen MR) is 82.3 cm³/mol. The van der Waals surface area contributed by atoms with E-state index in [4.69, 9.17) is 9.29 Å². The molecule has 0 atom stereocenters. The fourth-order valence-corrected chi connectivity index (χ4v) is 2.26. The number of rotatable bonds is 9. The van der Waals surface area contributed by atoms with Crippen LogP contribution in [-0.4, -0.2) is 49.1 Å². The molecular weight excluding hydrogens is 287 g/mol. The summed E-state index contributed by atoms with van der Waals surface area (Å²) in [4.78, 5) is -0.112. The van der Waals surface area contributed by atoms with Gasteiger partial charge in [0.1, 0.15) is 5.75 Å². The van der Waals surface area contributed by atoms with E-state index in [2.05, 4.69) is 6.92 Å². The van der Waals surface area contributed by atoms with E-state index < -0.39 is 10.1 Å². The molecule has 1 rings (SSSR count). The predicted octanol–water partition coefficient (Wildman–Crippen LogP) is 3.02. The van der Waals surface area contributed by atoms with Gasteiger partial charge < -0.3 is 4.74 Å². The first kappa shape index (κ1) is 19.9. The normalized spacial score (nSPS) is 10.9. The molecule has 0 aliphatic carbocycles. The van der Waals surface area contributed by atoms with Gasteiger partial charge in [0.15, 0.2) is 0 Å². The van der Waals surface area contributed by atoms with Gasteiger partial charge >= 0.3 is 29.6 Å². The molecule has 0 bridgehead atoms. The van der Waals surface area contributed by atoms with Crippen LogP contribution >= 0.6 is 0 Å². The summed E-state index contributed by atoms with van der Waals surface area (Å²) in [5.41, 5.74) is 0. The molecule has 20 heavy (non-hydrogen) atoms. The standard InChI is InChI=1S/C14H22O4S.Na.H/c1-2-3-4-5-6-7-12-18-13-8-10-14(11-9-13)19(15,16)17;;/h8-11H,2-7,12H2,1H3,(H,15,16,17);;. The Bertz CT molecular complexity index is 457. The second-order valence-electron chi connectivity index (χ2n) is 4.56. The van der Waals surface area contributed by atoms with Crippen LogP contribution in [0.25, 0.3) is 0 Å². The van der Waals surface area contributed by atoms with E-state index >= 15 is 0 Å². The molecule has 0 radical (unpaired) electrons. The summed E-state index contributed by atoms with van der Waals surface area (Å²) in [5, 5.41) is 0. The van der Waals surface area contributed by atoms with Crippen LogP contribution in [0.3, 0.4) is 0 Å². The zero-order valence-electron chi connectivity index (χ0n) is 11.3. The molecule has 0 fully saturated rings. The number of ether oxygens (including phenoxy) is 1. The number of unbranched alkanes of at least 4 members (excludes halogenated alkanes) is 5. The van der Waals surface area contributed by atoms with E-state index in [9.17, 15) is 8.42 Å². The summed E-state index contributed by atoms with van der Waals surface area (Å²) in [6, 6.07) is 5.79. The van der Waals surface area contributed by atoms with Crippen molar-refractivity contribution in [2.24, 2.45) is 0 Å². The quantitative estimate of drug-likeness (QED) is 0.432. The summed E-state index contributed by atoms with van der Waals surface area (Å²) in [6.45, 7) is 2.83. The van der Waals surface area contributed by atoms with Gasteiger partial charge in [-0.05, 0) is 30.7 Å². The first-order chi connectivity index (χ1) is 9.04. The summed E-state index contributed by atoms with van der Waals surface area (Å²) < 4.78 is 36.0. The van der Waals surface area contributed by atoms with Crippen LogP contribution in [0.2, 0.25) is 0 Å². The number of hydrogen-bond acceptors (Lipinski definition) is 3. The minimum absolute atomic E-state index is 0. The third kappa shape index (κ3) is 8.27. The number of benzene rings is 1. The maximum atomic E-state index is 10.8. The van der Waals surface area contributed by atoms with E-state index in [1.165, 1.54) is 37.8 Å². The van der Waals surface area contributed by atoms with Crippen LogP contribution in [0.15, 0.2) is 29.2 Å². The molecule has 0 saturated carbocycles. The molecule has 110 valence electrons. The molecule has 0 aromatic heterocycles. The van der Waals surface area contributed by atoms with Crippen LogP contribution in [0.1, 0.15) is 45.4 Å². The minimum atomic E-state index is -4.11. The van der Waals surface area contributed by atoms with Gasteiger partial charge in [0.25, 0.3) is 10.1 Å². The summed E-state index contributed by atoms with van der Waals surface area (Å²) in [5.74, 6) is 0.626. The van der Waals surface area contributed by atoms with E-state index in [0.717, 1.165) is 12.8 Å². The van der Waals surface area contributed by atoms with Gasteiger partial charge in [0.2, 0.25) is 0 Å². The Morgan fingerprint density at radius 3 is 2.10 bits per heavy atom. The maximum absolute atomic E-state index is 10.8. The third-order valence-corrected chi connectivity index (χ3v) is 3.76. The van der Waals surface area contributed by atoms with Crippen molar-refractivity contribution in [3.05, 3.63) is 24.3 Å². The third-order valence-electron chi connectivity index (χ3n) is 2.89. The van der Waals surface area contributed by atoms with Crippen molar-refractivity contribution in [1.29, 1.82) is 0 Å². The topological polar surface area (TPSA) is 63.6 Å². The fraction of sp³-hybridized carbons (Fsp3) is 0.571. The van der Waals surface area contributed by atoms with E-state index in [0.29, 0.717) is 12.4 Å². The van der Waals surface area contributed by atoms with Gasteiger partial charge in [-0.15, -0.1) is 0 Å². The molecule has 1 aromatic carbocycles. The first-order valence-corrected chi connectivity index (χ1v) is 8.18. The Kier molecular flexibility index (Phi) is 10.6. The second-order valence-corrected chi connectivity index (χ2v) is 5.98. The Hall–Kier alpha value is -0.0700. The Labute approximate surface area is 144 Å². The molecule has 0 spiro atoms. The molecule has 0 heterocycles. The van der Waals surface area contributed by atoms with Crippen LogP contribution < -0.4 is 4.74 Å². The monoisotopic (exact) mass is 310 g/mol. The zero-order chi connectivity index (χ0) is 14.1. The van der Waals surface area contributed by atoms with Gasteiger partial charge in [-0.25, -0.2) is 0 Å². The first-order valence-electron chi connectivity index (χ1n) is 6.74. The number of hydrogen-bond donors (Lipinski definition) is 1. The van der Waals surface area contributed by atoms with Crippen molar-refractivity contribution >= 4 is 39.7 Å². The molecular formula is C14H23NaO4S. The van der Waals surface area contributed by atoms with Crippen LogP contribution in [0.4, 0.5) is 0 Å². The average molecular weight is 310 g/mol. The SMILES string of the molecule is CCCCCCCCOc1ccc(S(=O)(=O)O)cc1.[NaH]. The molecule has 0 aliphatic rings. The van der Waals surface area contributed by atoms with Crippen molar-refractivity contribution in [2.45, 2.75) is 50.3 Å². The van der Waals surface area contributed by atoms with E-state index in [-0.39, 0.29) is 34.5 Å². The summed E-state index contributed by atoms with van der Waals surface area (Å²) in [7, 11) is -4.11. The average Bonchev–Trinajstić information content (AvgIpc) is 2.37. The molecule has 1 aromatic rings. The second kappa shape index (κ2) is 10.6. The van der Waals surface area contributed by atoms with Crippen molar-refractivity contribution in [2.75, 3.05) is 6.61 Å². The van der Waals surface area contributed by atoms with Crippen LogP contribution in [-0.2, 0) is 10.1 Å². The van der Waals surface area contributed by atoms with Gasteiger partial charge in [-0.2, -0.15) is 8.42 Å². The molecule has 4 nitrogen and oxygen atoms in total. The Morgan fingerprint density at radius 2 is 1.55 bits per heavy atom. The zero-order valence-corrected chi connectivity index (χ0v) is 12.2. The van der Waals surface area contributed by atoms with Crippen LogP contribution in [0.5, 0.6) is 5.75 Å². The van der Waals surface area contributed by atoms with E-state index in [1.54, 1.807) is 12.1 Å². The molecule has 0 amide bonds. The van der Waals surface area contributed by atoms with Crippen molar-refractivity contribution in [3.63, 3.8) is 0 Å².